The monoisotopic (exact) mass is 464 g/mol. The van der Waals surface area contributed by atoms with Crippen molar-refractivity contribution in [2.45, 2.75) is 38.3 Å². The molecule has 31 heavy (non-hydrogen) atoms. The highest BCUT2D eigenvalue weighted by atomic mass is 35.5. The molecule has 1 saturated heterocycles. The predicted octanol–water partition coefficient (Wildman–Crippen LogP) is 5.95. The van der Waals surface area contributed by atoms with Crippen molar-refractivity contribution >= 4 is 34.8 Å². The number of amides is 1. The Morgan fingerprint density at radius 2 is 1.68 bits per heavy atom. The summed E-state index contributed by atoms with van der Waals surface area (Å²) in [6, 6.07) is 10.5. The molecule has 2 aromatic rings. The number of alkyl halides is 1. The number of benzene rings is 2. The molecule has 1 unspecified atom stereocenters. The SMILES string of the molecule is CC(C)C(=O)N1CC(F)(c2ccc(C3=NCC(C)(c4cc(Cl)c(F)c(Cl)c4)C3)cc2)C1. The summed E-state index contributed by atoms with van der Waals surface area (Å²) < 4.78 is 29.0. The number of hydrogen-bond donors (Lipinski definition) is 0. The lowest BCUT2D eigenvalue weighted by Crippen LogP contribution is -2.59. The van der Waals surface area contributed by atoms with Gasteiger partial charge in [-0.3, -0.25) is 9.79 Å². The molecule has 164 valence electrons. The first-order valence-corrected chi connectivity index (χ1v) is 11.0. The zero-order valence-electron chi connectivity index (χ0n) is 17.7. The second-order valence-electron chi connectivity index (χ2n) is 9.15. The number of aliphatic imine (C=N–C) groups is 1. The maximum atomic E-state index is 15.2. The molecule has 1 fully saturated rings. The third kappa shape index (κ3) is 3.98. The molecule has 0 bridgehead atoms. The Balaban J connectivity index is 1.47. The van der Waals surface area contributed by atoms with Crippen LogP contribution in [0.15, 0.2) is 41.4 Å². The first-order valence-electron chi connectivity index (χ1n) is 10.3. The van der Waals surface area contributed by atoms with E-state index < -0.39 is 11.5 Å². The quantitative estimate of drug-likeness (QED) is 0.514. The van der Waals surface area contributed by atoms with Gasteiger partial charge < -0.3 is 4.90 Å². The van der Waals surface area contributed by atoms with Gasteiger partial charge in [0.25, 0.3) is 0 Å². The van der Waals surface area contributed by atoms with Crippen molar-refractivity contribution in [2.75, 3.05) is 19.6 Å². The van der Waals surface area contributed by atoms with Gasteiger partial charge in [-0.15, -0.1) is 0 Å². The summed E-state index contributed by atoms with van der Waals surface area (Å²) in [6.07, 6.45) is 0.641. The molecule has 0 saturated carbocycles. The van der Waals surface area contributed by atoms with Gasteiger partial charge in [0.05, 0.1) is 23.1 Å². The largest absolute Gasteiger partial charge is 0.335 e. The van der Waals surface area contributed by atoms with Crippen LogP contribution in [0.25, 0.3) is 0 Å². The average molecular weight is 465 g/mol. The van der Waals surface area contributed by atoms with Crippen LogP contribution in [0, 0.1) is 11.7 Å². The maximum Gasteiger partial charge on any atom is 0.225 e. The normalized spacial score (nSPS) is 22.5. The molecular formula is C24H24Cl2F2N2O. The number of carbonyl (C=O) groups is 1. The smallest absolute Gasteiger partial charge is 0.225 e. The molecule has 0 aromatic heterocycles. The molecule has 2 heterocycles. The first kappa shape index (κ1) is 22.2. The summed E-state index contributed by atoms with van der Waals surface area (Å²) in [7, 11) is 0. The molecule has 7 heteroatoms. The number of carbonyl (C=O) groups excluding carboxylic acids is 1. The van der Waals surface area contributed by atoms with Crippen molar-refractivity contribution in [1.29, 1.82) is 0 Å². The number of hydrogen-bond acceptors (Lipinski definition) is 2. The van der Waals surface area contributed by atoms with E-state index in [4.69, 9.17) is 23.2 Å². The van der Waals surface area contributed by atoms with Crippen LogP contribution in [0.3, 0.4) is 0 Å². The third-order valence-corrected chi connectivity index (χ3v) is 6.83. The van der Waals surface area contributed by atoms with Crippen LogP contribution >= 0.6 is 23.2 Å². The van der Waals surface area contributed by atoms with E-state index in [9.17, 15) is 9.18 Å². The molecule has 1 amide bonds. The Morgan fingerprint density at radius 1 is 1.10 bits per heavy atom. The molecule has 2 aliphatic heterocycles. The highest BCUT2D eigenvalue weighted by Crippen LogP contribution is 2.40. The third-order valence-electron chi connectivity index (χ3n) is 6.28. The zero-order valence-corrected chi connectivity index (χ0v) is 19.2. The minimum absolute atomic E-state index is 0.000243. The average Bonchev–Trinajstić information content (AvgIpc) is 3.12. The maximum absolute atomic E-state index is 15.2. The van der Waals surface area contributed by atoms with Crippen molar-refractivity contribution in [1.82, 2.24) is 4.90 Å². The van der Waals surface area contributed by atoms with Crippen LogP contribution in [0.5, 0.6) is 0 Å². The molecule has 2 aliphatic rings. The Kier molecular flexibility index (Phi) is 5.63. The predicted molar refractivity (Wildman–Crippen MR) is 120 cm³/mol. The van der Waals surface area contributed by atoms with Crippen molar-refractivity contribution in [3.8, 4) is 0 Å². The summed E-state index contributed by atoms with van der Waals surface area (Å²) in [5.41, 5.74) is 1.39. The number of likely N-dealkylation sites (tertiary alicyclic amines) is 1. The van der Waals surface area contributed by atoms with Crippen LogP contribution in [0.4, 0.5) is 8.78 Å². The lowest BCUT2D eigenvalue weighted by atomic mass is 9.79. The summed E-state index contributed by atoms with van der Waals surface area (Å²) in [5, 5.41) is 0.000486. The minimum Gasteiger partial charge on any atom is -0.335 e. The summed E-state index contributed by atoms with van der Waals surface area (Å²) in [5.74, 6) is -0.770. The Morgan fingerprint density at radius 3 is 2.23 bits per heavy atom. The zero-order chi connectivity index (χ0) is 22.6. The second-order valence-corrected chi connectivity index (χ2v) is 9.96. The van der Waals surface area contributed by atoms with Gasteiger partial charge in [0.15, 0.2) is 11.5 Å². The van der Waals surface area contributed by atoms with E-state index in [1.807, 2.05) is 32.9 Å². The molecule has 0 spiro atoms. The lowest BCUT2D eigenvalue weighted by molar-refractivity contribution is -0.149. The molecule has 1 atom stereocenters. The van der Waals surface area contributed by atoms with Crippen molar-refractivity contribution in [2.24, 2.45) is 10.9 Å². The Hall–Kier alpha value is -1.98. The molecule has 4 rings (SSSR count). The van der Waals surface area contributed by atoms with Crippen LogP contribution in [0.1, 0.15) is 43.9 Å². The van der Waals surface area contributed by atoms with Crippen LogP contribution < -0.4 is 0 Å². The second kappa shape index (κ2) is 7.86. The Bertz CT molecular complexity index is 1040. The number of nitrogens with zero attached hydrogens (tertiary/aromatic N) is 2. The Labute approximate surface area is 191 Å². The highest BCUT2D eigenvalue weighted by molar-refractivity contribution is 6.35. The number of halogens is 4. The molecule has 2 aromatic carbocycles. The number of rotatable bonds is 4. The van der Waals surface area contributed by atoms with Gasteiger partial charge in [-0.05, 0) is 28.8 Å². The van der Waals surface area contributed by atoms with E-state index in [1.54, 1.807) is 29.2 Å². The van der Waals surface area contributed by atoms with E-state index in [1.165, 1.54) is 0 Å². The van der Waals surface area contributed by atoms with E-state index in [0.717, 1.165) is 16.8 Å². The molecule has 3 nitrogen and oxygen atoms in total. The molecule has 0 N–H and O–H groups in total. The van der Waals surface area contributed by atoms with Crippen LogP contribution in [-0.4, -0.2) is 36.2 Å². The van der Waals surface area contributed by atoms with Gasteiger partial charge in [-0.2, -0.15) is 0 Å². The summed E-state index contributed by atoms with van der Waals surface area (Å²) in [4.78, 5) is 18.3. The van der Waals surface area contributed by atoms with E-state index in [0.29, 0.717) is 18.5 Å². The molecule has 0 aliphatic carbocycles. The van der Waals surface area contributed by atoms with Crippen molar-refractivity contribution in [3.05, 3.63) is 69.0 Å². The van der Waals surface area contributed by atoms with Gasteiger partial charge in [-0.1, -0.05) is 68.2 Å². The lowest BCUT2D eigenvalue weighted by Gasteiger charge is -2.45. The highest BCUT2D eigenvalue weighted by Gasteiger charge is 2.47. The fraction of sp³-hybridized carbons (Fsp3) is 0.417. The van der Waals surface area contributed by atoms with Crippen molar-refractivity contribution < 1.29 is 13.6 Å². The van der Waals surface area contributed by atoms with E-state index >= 15 is 4.39 Å². The van der Waals surface area contributed by atoms with E-state index in [2.05, 4.69) is 4.99 Å². The fourth-order valence-corrected chi connectivity index (χ4v) is 4.75. The van der Waals surface area contributed by atoms with Crippen LogP contribution in [0.2, 0.25) is 10.0 Å². The summed E-state index contributed by atoms with van der Waals surface area (Å²) >= 11 is 12.0. The van der Waals surface area contributed by atoms with Gasteiger partial charge >= 0.3 is 0 Å². The molecule has 0 radical (unpaired) electrons. The topological polar surface area (TPSA) is 32.7 Å². The van der Waals surface area contributed by atoms with Gasteiger partial charge in [-0.25, -0.2) is 8.78 Å². The van der Waals surface area contributed by atoms with Gasteiger partial charge in [0.2, 0.25) is 5.91 Å². The minimum atomic E-state index is -1.50. The summed E-state index contributed by atoms with van der Waals surface area (Å²) in [6.45, 7) is 6.40. The van der Waals surface area contributed by atoms with Crippen molar-refractivity contribution in [3.63, 3.8) is 0 Å². The first-order chi connectivity index (χ1) is 14.5. The standard InChI is InChI=1S/C24H24Cl2F2N2O/c1-14(2)22(31)30-12-24(28,13-30)16-6-4-15(5-7-16)20-10-23(3,11-29-20)17-8-18(25)21(27)19(26)9-17/h4-9,14H,10-13H2,1-3H3. The van der Waals surface area contributed by atoms with E-state index in [-0.39, 0.29) is 40.4 Å². The van der Waals surface area contributed by atoms with Gasteiger partial charge in [0, 0.05) is 30.0 Å². The molecular weight excluding hydrogens is 441 g/mol. The van der Waals surface area contributed by atoms with Crippen LogP contribution in [-0.2, 0) is 15.9 Å². The van der Waals surface area contributed by atoms with Gasteiger partial charge in [0.1, 0.15) is 0 Å². The fourth-order valence-electron chi connectivity index (χ4n) is 4.27.